The number of carboxylic acid groups (broad SMARTS) is 1. The van der Waals surface area contributed by atoms with Gasteiger partial charge in [-0.3, -0.25) is 0 Å². The van der Waals surface area contributed by atoms with Crippen LogP contribution in [-0.2, 0) is 4.18 Å². The van der Waals surface area contributed by atoms with E-state index >= 15 is 0 Å². The molecule has 332 valence electrons. The molecular weight excluding hydrogens is 765 g/mol. The molecule has 0 atom stereocenters. The lowest BCUT2D eigenvalue weighted by atomic mass is 10.2. The van der Waals surface area contributed by atoms with E-state index in [-0.39, 0.29) is 0 Å². The number of hydrogen-bond acceptors (Lipinski definition) is 8. The van der Waals surface area contributed by atoms with Crippen molar-refractivity contribution in [1.82, 2.24) is 0 Å². The summed E-state index contributed by atoms with van der Waals surface area (Å²) in [5.74, 6) is 3.00. The lowest BCUT2D eigenvalue weighted by Gasteiger charge is -2.41. The second kappa shape index (κ2) is 29.3. The van der Waals surface area contributed by atoms with Crippen molar-refractivity contribution in [2.24, 2.45) is 0 Å². The first-order chi connectivity index (χ1) is 28.9. The molecule has 3 aromatic rings. The first kappa shape index (κ1) is 49.4. The van der Waals surface area contributed by atoms with Crippen molar-refractivity contribution in [3.63, 3.8) is 0 Å². The molecule has 0 unspecified atom stereocenters. The highest BCUT2D eigenvalue weighted by Crippen LogP contribution is 2.77. The lowest BCUT2D eigenvalue weighted by Crippen LogP contribution is -2.18. The van der Waals surface area contributed by atoms with E-state index in [1.807, 2.05) is 54.6 Å². The molecular formula is C49H76O9S. The Bertz CT molecular complexity index is 1430. The average molecular weight is 841 g/mol. The van der Waals surface area contributed by atoms with Gasteiger partial charge in [0.1, 0.15) is 44.3 Å². The fourth-order valence-electron chi connectivity index (χ4n) is 6.68. The van der Waals surface area contributed by atoms with Crippen LogP contribution in [0.25, 0.3) is 0 Å². The molecule has 0 saturated heterocycles. The van der Waals surface area contributed by atoms with Gasteiger partial charge in [-0.25, -0.2) is 4.79 Å². The number of hydrogen-bond donors (Lipinski definition) is 1. The maximum atomic E-state index is 13.5. The summed E-state index contributed by atoms with van der Waals surface area (Å²) in [6, 6.07) is 17.1. The Hall–Kier alpha value is -3.92. The smallest absolute Gasteiger partial charge is 0.493 e. The van der Waals surface area contributed by atoms with Crippen molar-refractivity contribution >= 4 is 16.5 Å². The zero-order valence-electron chi connectivity index (χ0n) is 37.3. The molecule has 0 fully saturated rings. The van der Waals surface area contributed by atoms with Gasteiger partial charge in [0, 0.05) is 39.5 Å². The molecule has 0 saturated carbocycles. The molecule has 3 aromatic carbocycles. The standard InChI is InChI=1S/C49H76O9S/c1-7-13-22-30-52-40-36-43(54-32-24-15-9-3)47(44(37-40)55-33-25-16-10-4)59(58-49(50)51,42-28-20-19-21-29-42)48-45(56-34-26-17-11-5)38-41(53-31-23-14-8-2)39-46(48)57-35-27-18-12-6/h19-21,28-29,36-39H,7-18,22-27,30-35H2,1-6H3,(H,50,51). The van der Waals surface area contributed by atoms with Crippen LogP contribution in [0, 0.1) is 0 Å². The predicted octanol–water partition coefficient (Wildman–Crippen LogP) is 15.0. The molecule has 10 heteroatoms. The first-order valence-corrected chi connectivity index (χ1v) is 24.4. The van der Waals surface area contributed by atoms with Crippen molar-refractivity contribution in [3.05, 3.63) is 54.6 Å². The molecule has 0 radical (unpaired) electrons. The summed E-state index contributed by atoms with van der Waals surface area (Å²) < 4.78 is 46.5. The molecule has 3 rings (SSSR count). The third-order valence-electron chi connectivity index (χ3n) is 9.89. The highest BCUT2D eigenvalue weighted by atomic mass is 32.3. The van der Waals surface area contributed by atoms with Crippen LogP contribution in [0.2, 0.25) is 0 Å². The Morgan fingerprint density at radius 1 is 0.441 bits per heavy atom. The van der Waals surface area contributed by atoms with Gasteiger partial charge >= 0.3 is 6.16 Å². The second-order valence-corrected chi connectivity index (χ2v) is 17.6. The SMILES string of the molecule is CCCCCOc1cc(OCCCCC)c(S(OC(=O)O)(c2ccccc2)c2c(OCCCCC)cc(OCCCCC)cc2OCCCCC)c(OCCCCC)c1. The topological polar surface area (TPSA) is 102 Å². The number of benzene rings is 3. The number of unbranched alkanes of at least 4 members (excludes halogenated alkanes) is 12. The van der Waals surface area contributed by atoms with E-state index in [1.54, 1.807) is 0 Å². The van der Waals surface area contributed by atoms with Crippen molar-refractivity contribution in [3.8, 4) is 34.5 Å². The summed E-state index contributed by atoms with van der Waals surface area (Å²) in [4.78, 5) is 15.1. The van der Waals surface area contributed by atoms with Crippen LogP contribution < -0.4 is 28.4 Å². The maximum absolute atomic E-state index is 13.5. The van der Waals surface area contributed by atoms with Crippen molar-refractivity contribution in [2.45, 2.75) is 172 Å². The highest BCUT2D eigenvalue weighted by molar-refractivity contribution is 8.30. The summed E-state index contributed by atoms with van der Waals surface area (Å²) in [6.45, 7) is 15.7. The third kappa shape index (κ3) is 16.2. The Kier molecular flexibility index (Phi) is 24.6. The van der Waals surface area contributed by atoms with Gasteiger partial charge in [-0.15, -0.1) is 0 Å². The predicted molar refractivity (Wildman–Crippen MR) is 241 cm³/mol. The van der Waals surface area contributed by atoms with Crippen molar-refractivity contribution < 1.29 is 42.5 Å². The second-order valence-electron chi connectivity index (χ2n) is 15.0. The minimum Gasteiger partial charge on any atom is -0.493 e. The van der Waals surface area contributed by atoms with Crippen LogP contribution >= 0.6 is 10.3 Å². The Labute approximate surface area is 358 Å². The monoisotopic (exact) mass is 841 g/mol. The van der Waals surface area contributed by atoms with Gasteiger partial charge in [-0.1, -0.05) is 137 Å². The summed E-state index contributed by atoms with van der Waals surface area (Å²) >= 11 is 0. The van der Waals surface area contributed by atoms with E-state index in [9.17, 15) is 9.90 Å². The maximum Gasteiger partial charge on any atom is 0.517 e. The van der Waals surface area contributed by atoms with Gasteiger partial charge in [-0.2, -0.15) is 0 Å². The molecule has 59 heavy (non-hydrogen) atoms. The molecule has 0 amide bonds. The normalized spacial score (nSPS) is 11.6. The van der Waals surface area contributed by atoms with Crippen LogP contribution in [-0.4, -0.2) is 50.9 Å². The highest BCUT2D eigenvalue weighted by Gasteiger charge is 2.46. The van der Waals surface area contributed by atoms with Gasteiger partial charge in [-0.05, 0) is 50.7 Å². The lowest BCUT2D eigenvalue weighted by molar-refractivity contribution is 0.149. The first-order valence-electron chi connectivity index (χ1n) is 22.8. The van der Waals surface area contributed by atoms with E-state index < -0.39 is 16.5 Å². The van der Waals surface area contributed by atoms with E-state index in [0.29, 0.717) is 88.8 Å². The minimum atomic E-state index is -3.33. The molecule has 0 bridgehead atoms. The van der Waals surface area contributed by atoms with Crippen molar-refractivity contribution in [2.75, 3.05) is 39.6 Å². The van der Waals surface area contributed by atoms with Crippen LogP contribution in [0.1, 0.15) is 157 Å². The summed E-state index contributed by atoms with van der Waals surface area (Å²) in [7, 11) is -3.33. The van der Waals surface area contributed by atoms with Crippen LogP contribution in [0.15, 0.2) is 69.3 Å². The average Bonchev–Trinajstić information content (AvgIpc) is 3.24. The van der Waals surface area contributed by atoms with E-state index in [2.05, 4.69) is 41.5 Å². The number of ether oxygens (including phenoxy) is 6. The Morgan fingerprint density at radius 2 is 0.729 bits per heavy atom. The largest absolute Gasteiger partial charge is 0.517 e. The van der Waals surface area contributed by atoms with Gasteiger partial charge < -0.3 is 37.7 Å². The fraction of sp³-hybridized carbons (Fsp3) is 0.612. The van der Waals surface area contributed by atoms with Gasteiger partial charge in [0.05, 0.1) is 39.6 Å². The molecule has 9 nitrogen and oxygen atoms in total. The minimum absolute atomic E-state index is 0.415. The Balaban J connectivity index is 2.56. The van der Waals surface area contributed by atoms with Crippen LogP contribution in [0.5, 0.6) is 34.5 Å². The molecule has 0 spiro atoms. The fourth-order valence-corrected chi connectivity index (χ4v) is 9.97. The van der Waals surface area contributed by atoms with Crippen LogP contribution in [0.3, 0.4) is 0 Å². The van der Waals surface area contributed by atoms with E-state index in [0.717, 1.165) is 116 Å². The van der Waals surface area contributed by atoms with E-state index in [4.69, 9.17) is 32.6 Å². The number of carbonyl (C=O) groups is 1. The third-order valence-corrected chi connectivity index (χ3v) is 13.2. The van der Waals surface area contributed by atoms with Crippen LogP contribution in [0.4, 0.5) is 4.79 Å². The molecule has 0 aromatic heterocycles. The van der Waals surface area contributed by atoms with Gasteiger partial charge in [0.2, 0.25) is 0 Å². The zero-order chi connectivity index (χ0) is 42.6. The van der Waals surface area contributed by atoms with E-state index in [1.165, 1.54) is 0 Å². The Morgan fingerprint density at radius 3 is 1.00 bits per heavy atom. The number of rotatable bonds is 34. The van der Waals surface area contributed by atoms with Crippen molar-refractivity contribution in [1.29, 1.82) is 0 Å². The molecule has 0 heterocycles. The molecule has 0 aliphatic heterocycles. The molecule has 0 aliphatic rings. The summed E-state index contributed by atoms with van der Waals surface area (Å²) in [5.41, 5.74) is 0. The summed E-state index contributed by atoms with van der Waals surface area (Å²) in [5, 5.41) is 11.0. The van der Waals surface area contributed by atoms with Gasteiger partial charge in [0.25, 0.3) is 0 Å². The van der Waals surface area contributed by atoms with Gasteiger partial charge in [0.15, 0.2) is 0 Å². The molecule has 1 N–H and O–H groups in total. The quantitative estimate of drug-likeness (QED) is 0.0589. The zero-order valence-corrected chi connectivity index (χ0v) is 38.1. The summed E-state index contributed by atoms with van der Waals surface area (Å²) in [6.07, 6.45) is 15.9. The molecule has 0 aliphatic carbocycles.